The van der Waals surface area contributed by atoms with Gasteiger partial charge in [0, 0.05) is 35.9 Å². The van der Waals surface area contributed by atoms with Crippen LogP contribution in [0.3, 0.4) is 0 Å². The monoisotopic (exact) mass is 434 g/mol. The minimum atomic E-state index is -4.38. The highest BCUT2D eigenvalue weighted by Gasteiger charge is 2.41. The Hall–Kier alpha value is -2.44. The Morgan fingerprint density at radius 2 is 0.828 bits per heavy atom. The highest BCUT2D eigenvalue weighted by Crippen LogP contribution is 2.17. The summed E-state index contributed by atoms with van der Waals surface area (Å²) in [7, 11) is 0. The van der Waals surface area contributed by atoms with Gasteiger partial charge in [-0.1, -0.05) is 0 Å². The Balaban J connectivity index is 2.48. The molecule has 0 fully saturated rings. The molecule has 0 saturated carbocycles. The summed E-state index contributed by atoms with van der Waals surface area (Å²) in [5.74, 6) is -14.0. The van der Waals surface area contributed by atoms with Crippen molar-refractivity contribution in [1.29, 1.82) is 0 Å². The Morgan fingerprint density at radius 3 is 1.21 bits per heavy atom. The Bertz CT molecular complexity index is 1020. The Kier molecular flexibility index (Phi) is 5.70. The number of halogens is 9. The van der Waals surface area contributed by atoms with Crippen LogP contribution in [-0.4, -0.2) is 14.1 Å². The molecule has 0 aliphatic carbocycles. The Morgan fingerprint density at radius 1 is 0.483 bits per heavy atom. The third kappa shape index (κ3) is 3.74. The van der Waals surface area contributed by atoms with Crippen LogP contribution in [0, 0.1) is 59.3 Å². The zero-order valence-electron chi connectivity index (χ0n) is 14.4. The van der Waals surface area contributed by atoms with Crippen molar-refractivity contribution in [3.8, 4) is 0 Å². The lowest BCUT2D eigenvalue weighted by Gasteiger charge is -2.19. The fourth-order valence-corrected chi connectivity index (χ4v) is 6.20. The average Bonchev–Trinajstić information content (AvgIpc) is 2.57. The van der Waals surface area contributed by atoms with Gasteiger partial charge in [0.05, 0.1) is 0 Å². The van der Waals surface area contributed by atoms with Crippen molar-refractivity contribution in [3.05, 3.63) is 88.3 Å². The van der Waals surface area contributed by atoms with E-state index in [-0.39, 0.29) is 30.3 Å². The maximum atomic E-state index is 14.7. The molecule has 3 aromatic carbocycles. The molecule has 0 N–H and O–H groups in total. The molecule has 0 unspecified atom stereocenters. The molecule has 0 aromatic heterocycles. The van der Waals surface area contributed by atoms with Gasteiger partial charge in [0.2, 0.25) is 0 Å². The molecule has 29 heavy (non-hydrogen) atoms. The van der Waals surface area contributed by atoms with Crippen LogP contribution in [0.5, 0.6) is 0 Å². The van der Waals surface area contributed by atoms with Crippen LogP contribution in [0.2, 0.25) is 0 Å². The Labute approximate surface area is 162 Å². The summed E-state index contributed by atoms with van der Waals surface area (Å²) >= 11 is -4.38. The predicted molar refractivity (Wildman–Crippen MR) is 88.3 cm³/mol. The number of hydrogen-bond acceptors (Lipinski definition) is 0. The van der Waals surface area contributed by atoms with Crippen LogP contribution < -0.4 is 13.3 Å². The van der Waals surface area contributed by atoms with Crippen LogP contribution in [-0.2, 0) is 0 Å². The molecule has 0 spiro atoms. The summed E-state index contributed by atoms with van der Waals surface area (Å²) < 4.78 is 124. The van der Waals surface area contributed by atoms with Crippen molar-refractivity contribution in [3.63, 3.8) is 0 Å². The minimum absolute atomic E-state index is 0.171. The first-order valence-corrected chi connectivity index (χ1v) is 9.69. The van der Waals surface area contributed by atoms with Crippen molar-refractivity contribution < 1.29 is 39.5 Å². The van der Waals surface area contributed by atoms with Gasteiger partial charge in [0.25, 0.3) is 0 Å². The van der Waals surface area contributed by atoms with Crippen LogP contribution in [0.4, 0.5) is 39.5 Å². The summed E-state index contributed by atoms with van der Waals surface area (Å²) in [4.78, 5) is 0. The van der Waals surface area contributed by atoms with Gasteiger partial charge < -0.3 is 0 Å². The van der Waals surface area contributed by atoms with Gasteiger partial charge in [-0.25, -0.2) is 39.5 Å². The molecule has 150 valence electrons. The van der Waals surface area contributed by atoms with Gasteiger partial charge in [0.15, 0.2) is 0 Å². The standard InChI is InChI=1S/C7H4F3.2C6H2F3.Al/c1-4-6(9)2-5(8)3-7(4)10;2*7-4-1-5(8)3-6(9)2-4;/h2H,1H3;2*1-2H;. The zero-order valence-corrected chi connectivity index (χ0v) is 15.5. The molecule has 0 amide bonds. The molecule has 0 nitrogen and oxygen atoms in total. The molecular formula is C19H8AlF9. The number of hydrogen-bond donors (Lipinski definition) is 0. The molecule has 3 aromatic rings. The highest BCUT2D eigenvalue weighted by atomic mass is 27.2. The zero-order chi connectivity index (χ0) is 21.6. The van der Waals surface area contributed by atoms with Crippen molar-refractivity contribution in [2.75, 3.05) is 0 Å². The topological polar surface area (TPSA) is 0 Å². The first kappa shape index (κ1) is 21.3. The molecule has 0 heterocycles. The van der Waals surface area contributed by atoms with Crippen molar-refractivity contribution in [2.24, 2.45) is 0 Å². The van der Waals surface area contributed by atoms with E-state index >= 15 is 0 Å². The summed E-state index contributed by atoms with van der Waals surface area (Å²) in [5.41, 5.74) is -0.759. The second-order valence-corrected chi connectivity index (χ2v) is 8.79. The van der Waals surface area contributed by atoms with Crippen LogP contribution in [0.1, 0.15) is 5.56 Å². The molecule has 3 rings (SSSR count). The maximum Gasteiger partial charge on any atom is 0.411 e. The van der Waals surface area contributed by atoms with E-state index in [0.717, 1.165) is 6.92 Å². The summed E-state index contributed by atoms with van der Waals surface area (Å²) in [6.45, 7) is 0.883. The third-order valence-corrected chi connectivity index (χ3v) is 7.75. The van der Waals surface area contributed by atoms with Gasteiger partial charge in [0.1, 0.15) is 52.4 Å². The number of benzene rings is 3. The van der Waals surface area contributed by atoms with Gasteiger partial charge in [-0.05, 0) is 20.2 Å². The fourth-order valence-electron chi connectivity index (χ4n) is 3.06. The molecule has 0 bridgehead atoms. The lowest BCUT2D eigenvalue weighted by atomic mass is 10.2. The number of rotatable bonds is 3. The summed E-state index contributed by atoms with van der Waals surface area (Å²) in [6, 6.07) is 0.883. The third-order valence-electron chi connectivity index (χ3n) is 4.39. The second-order valence-electron chi connectivity index (χ2n) is 6.19. The van der Waals surface area contributed by atoms with E-state index in [9.17, 15) is 39.5 Å². The van der Waals surface area contributed by atoms with Gasteiger partial charge >= 0.3 is 14.1 Å². The van der Waals surface area contributed by atoms with E-state index in [2.05, 4.69) is 0 Å². The van der Waals surface area contributed by atoms with E-state index in [1.807, 2.05) is 0 Å². The van der Waals surface area contributed by atoms with Crippen LogP contribution >= 0.6 is 0 Å². The van der Waals surface area contributed by atoms with Crippen LogP contribution in [0.15, 0.2) is 30.3 Å². The maximum absolute atomic E-state index is 14.7. The molecule has 0 aliphatic rings. The van der Waals surface area contributed by atoms with Crippen LogP contribution in [0.25, 0.3) is 0 Å². The predicted octanol–water partition coefficient (Wildman–Crippen LogP) is 3.76. The molecule has 0 aliphatic heterocycles. The van der Waals surface area contributed by atoms with E-state index < -0.39 is 85.3 Å². The second kappa shape index (κ2) is 7.77. The van der Waals surface area contributed by atoms with E-state index in [1.165, 1.54) is 0 Å². The molecule has 10 heteroatoms. The van der Waals surface area contributed by atoms with Gasteiger partial charge in [-0.15, -0.1) is 0 Å². The largest absolute Gasteiger partial charge is 0.411 e. The lowest BCUT2D eigenvalue weighted by Crippen LogP contribution is -2.59. The minimum Gasteiger partial charge on any atom is -0.208 e. The molecule has 0 atom stereocenters. The molecule has 0 saturated heterocycles. The quantitative estimate of drug-likeness (QED) is 0.435. The van der Waals surface area contributed by atoms with Crippen molar-refractivity contribution in [2.45, 2.75) is 6.92 Å². The van der Waals surface area contributed by atoms with Gasteiger partial charge in [-0.3, -0.25) is 0 Å². The first-order chi connectivity index (χ1) is 13.5. The van der Waals surface area contributed by atoms with E-state index in [4.69, 9.17) is 0 Å². The summed E-state index contributed by atoms with van der Waals surface area (Å²) in [6.07, 6.45) is 0. The normalized spacial score (nSPS) is 11.1. The molecular weight excluding hydrogens is 426 g/mol. The van der Waals surface area contributed by atoms with Gasteiger partial charge in [-0.2, -0.15) is 0 Å². The SMILES string of the molecule is Cc1c(F)cc(F)[c]([Al]([c]2c(F)cc(F)cc2F)[c]2c(F)cc(F)cc2F)c1F. The lowest BCUT2D eigenvalue weighted by molar-refractivity contribution is 0.541. The molecule has 0 radical (unpaired) electrons. The highest BCUT2D eigenvalue weighted by molar-refractivity contribution is 6.95. The van der Waals surface area contributed by atoms with Crippen molar-refractivity contribution >= 4 is 27.4 Å². The summed E-state index contributed by atoms with van der Waals surface area (Å²) in [5, 5.41) is 0. The average molecular weight is 434 g/mol. The van der Waals surface area contributed by atoms with E-state index in [0.29, 0.717) is 0 Å². The first-order valence-electron chi connectivity index (χ1n) is 7.95. The van der Waals surface area contributed by atoms with E-state index in [1.54, 1.807) is 0 Å². The smallest absolute Gasteiger partial charge is 0.208 e. The van der Waals surface area contributed by atoms with Crippen molar-refractivity contribution in [1.82, 2.24) is 0 Å². The fraction of sp³-hybridized carbons (Fsp3) is 0.0526.